The van der Waals surface area contributed by atoms with Crippen LogP contribution in [0.3, 0.4) is 0 Å². The number of hydrogen-bond donors (Lipinski definition) is 0. The van der Waals surface area contributed by atoms with Gasteiger partial charge in [-0.1, -0.05) is 0 Å². The Bertz CT molecular complexity index is 91.7. The summed E-state index contributed by atoms with van der Waals surface area (Å²) in [6.07, 6.45) is -0.933. The first-order valence-corrected chi connectivity index (χ1v) is 3.26. The second kappa shape index (κ2) is 3.88. The van der Waals surface area contributed by atoms with Gasteiger partial charge in [0.25, 0.3) is 0 Å². The van der Waals surface area contributed by atoms with Crippen LogP contribution in [0.4, 0.5) is 0 Å². The van der Waals surface area contributed by atoms with Crippen molar-refractivity contribution in [3.8, 4) is 0 Å². The third kappa shape index (κ3) is 3.12. The van der Waals surface area contributed by atoms with Crippen LogP contribution >= 0.6 is 0 Å². The van der Waals surface area contributed by atoms with Crippen LogP contribution in [-0.4, -0.2) is 38.6 Å². The van der Waals surface area contributed by atoms with Gasteiger partial charge < -0.3 is 19.7 Å². The van der Waals surface area contributed by atoms with Gasteiger partial charge in [-0.25, -0.2) is 0 Å². The normalized spacial score (nSPS) is 26.4. The van der Waals surface area contributed by atoms with E-state index in [0.29, 0.717) is 6.61 Å². The van der Waals surface area contributed by atoms with Crippen LogP contribution < -0.4 is 10.2 Å². The van der Waals surface area contributed by atoms with E-state index in [2.05, 4.69) is 0 Å². The van der Waals surface area contributed by atoms with Crippen molar-refractivity contribution in [3.05, 3.63) is 0 Å². The summed E-state index contributed by atoms with van der Waals surface area (Å²) in [6.45, 7) is 0.592. The lowest BCUT2D eigenvalue weighted by atomic mass is 10.4. The molecule has 0 aromatic heterocycles. The predicted octanol–water partition coefficient (Wildman–Crippen LogP) is -2.51. The Hall–Kier alpha value is -0.160. The monoisotopic (exact) mass is 146 g/mol. The quantitative estimate of drug-likeness (QED) is 0.402. The fraction of sp³-hybridized carbons (Fsp3) is 1.00. The van der Waals surface area contributed by atoms with Gasteiger partial charge in [-0.3, -0.25) is 0 Å². The van der Waals surface area contributed by atoms with Gasteiger partial charge in [-0.05, 0) is 0 Å². The van der Waals surface area contributed by atoms with E-state index in [1.807, 2.05) is 0 Å². The van der Waals surface area contributed by atoms with E-state index < -0.39 is 12.7 Å². The summed E-state index contributed by atoms with van der Waals surface area (Å²) in [5.74, 6) is 0. The van der Waals surface area contributed by atoms with Gasteiger partial charge in [-0.15, -0.1) is 6.10 Å². The first-order valence-electron chi connectivity index (χ1n) is 3.26. The molecule has 4 heteroatoms. The lowest BCUT2D eigenvalue weighted by molar-refractivity contribution is -0.497. The first kappa shape index (κ1) is 7.94. The van der Waals surface area contributed by atoms with Gasteiger partial charge in [-0.2, -0.15) is 6.61 Å². The summed E-state index contributed by atoms with van der Waals surface area (Å²) in [7, 11) is 0. The van der Waals surface area contributed by atoms with Crippen molar-refractivity contribution in [2.45, 2.75) is 12.2 Å². The number of ether oxygens (including phenoxy) is 2. The fourth-order valence-electron chi connectivity index (χ4n) is 0.543. The molecule has 1 aliphatic rings. The van der Waals surface area contributed by atoms with Gasteiger partial charge in [0.15, 0.2) is 0 Å². The molecule has 10 heavy (non-hydrogen) atoms. The molecule has 0 aromatic carbocycles. The summed E-state index contributed by atoms with van der Waals surface area (Å²) in [5, 5.41) is 20.3. The average Bonchev–Trinajstić information content (AvgIpc) is 2.71. The molecule has 0 radical (unpaired) electrons. The molecule has 0 spiro atoms. The number of epoxide rings is 1. The van der Waals surface area contributed by atoms with E-state index in [1.54, 1.807) is 0 Å². The minimum Gasteiger partial charge on any atom is -0.855 e. The van der Waals surface area contributed by atoms with Gasteiger partial charge in [0.2, 0.25) is 0 Å². The molecule has 4 nitrogen and oxygen atoms in total. The zero-order valence-electron chi connectivity index (χ0n) is 5.62. The predicted molar refractivity (Wildman–Crippen MR) is 29.2 cm³/mol. The van der Waals surface area contributed by atoms with Crippen LogP contribution in [0.15, 0.2) is 0 Å². The second-order valence-corrected chi connectivity index (χ2v) is 2.28. The lowest BCUT2D eigenvalue weighted by Gasteiger charge is -2.24. The van der Waals surface area contributed by atoms with Crippen LogP contribution in [0.25, 0.3) is 0 Å². The molecular formula is C6H10O4-2. The Morgan fingerprint density at radius 3 is 2.90 bits per heavy atom. The minimum absolute atomic E-state index is 0.0172. The van der Waals surface area contributed by atoms with E-state index >= 15 is 0 Å². The summed E-state index contributed by atoms with van der Waals surface area (Å²) < 4.78 is 9.69. The Morgan fingerprint density at radius 1 is 1.70 bits per heavy atom. The molecule has 1 saturated heterocycles. The molecule has 2 atom stereocenters. The van der Waals surface area contributed by atoms with Gasteiger partial charge in [0.05, 0.1) is 13.2 Å². The molecule has 2 unspecified atom stereocenters. The summed E-state index contributed by atoms with van der Waals surface area (Å²) in [6, 6.07) is 0. The maximum atomic E-state index is 10.4. The summed E-state index contributed by atoms with van der Waals surface area (Å²) in [5.41, 5.74) is 0. The SMILES string of the molecule is [O-]CC([O-])COCC1CO1. The highest BCUT2D eigenvalue weighted by Crippen LogP contribution is 2.07. The molecule has 1 aliphatic heterocycles. The molecule has 1 heterocycles. The van der Waals surface area contributed by atoms with Crippen LogP contribution in [0.5, 0.6) is 0 Å². The van der Waals surface area contributed by atoms with Crippen molar-refractivity contribution < 1.29 is 19.7 Å². The van der Waals surface area contributed by atoms with Crippen LogP contribution in [-0.2, 0) is 9.47 Å². The largest absolute Gasteiger partial charge is 0.855 e. The molecule has 0 bridgehead atoms. The first-order chi connectivity index (χ1) is 4.83. The molecule has 0 aliphatic carbocycles. The average molecular weight is 146 g/mol. The van der Waals surface area contributed by atoms with Crippen molar-refractivity contribution in [2.75, 3.05) is 26.4 Å². The Morgan fingerprint density at radius 2 is 2.40 bits per heavy atom. The van der Waals surface area contributed by atoms with Crippen molar-refractivity contribution in [2.24, 2.45) is 0 Å². The molecule has 0 aromatic rings. The number of rotatable bonds is 5. The Labute approximate surface area is 59.4 Å². The Balaban J connectivity index is 1.83. The van der Waals surface area contributed by atoms with Crippen molar-refractivity contribution in [3.63, 3.8) is 0 Å². The standard InChI is InChI=1S/C6H10O4/c7-1-5(8)2-9-3-6-4-10-6/h5-6H,1-4H2/q-2. The van der Waals surface area contributed by atoms with E-state index in [-0.39, 0.29) is 12.7 Å². The van der Waals surface area contributed by atoms with Crippen LogP contribution in [0.2, 0.25) is 0 Å². The van der Waals surface area contributed by atoms with E-state index in [1.165, 1.54) is 0 Å². The molecule has 60 valence electrons. The van der Waals surface area contributed by atoms with E-state index in [4.69, 9.17) is 9.47 Å². The maximum Gasteiger partial charge on any atom is 0.104 e. The highest BCUT2D eigenvalue weighted by molar-refractivity contribution is 4.67. The fourth-order valence-corrected chi connectivity index (χ4v) is 0.543. The molecule has 1 rings (SSSR count). The molecule has 0 saturated carbocycles. The molecule has 1 fully saturated rings. The van der Waals surface area contributed by atoms with Crippen LogP contribution in [0, 0.1) is 0 Å². The third-order valence-electron chi connectivity index (χ3n) is 1.20. The number of hydrogen-bond acceptors (Lipinski definition) is 4. The minimum atomic E-state index is -1.11. The zero-order chi connectivity index (χ0) is 7.40. The van der Waals surface area contributed by atoms with Crippen molar-refractivity contribution >= 4 is 0 Å². The molecule has 0 N–H and O–H groups in total. The third-order valence-corrected chi connectivity index (χ3v) is 1.20. The summed E-state index contributed by atoms with van der Waals surface area (Å²) >= 11 is 0. The van der Waals surface area contributed by atoms with E-state index in [9.17, 15) is 10.2 Å². The van der Waals surface area contributed by atoms with Crippen LogP contribution in [0.1, 0.15) is 0 Å². The highest BCUT2D eigenvalue weighted by atomic mass is 16.6. The van der Waals surface area contributed by atoms with E-state index in [0.717, 1.165) is 6.61 Å². The second-order valence-electron chi connectivity index (χ2n) is 2.28. The maximum absolute atomic E-state index is 10.4. The van der Waals surface area contributed by atoms with Gasteiger partial charge >= 0.3 is 0 Å². The molecular weight excluding hydrogens is 136 g/mol. The zero-order valence-corrected chi connectivity index (χ0v) is 5.62. The molecule has 0 amide bonds. The van der Waals surface area contributed by atoms with Gasteiger partial charge in [0, 0.05) is 6.61 Å². The van der Waals surface area contributed by atoms with Gasteiger partial charge in [0.1, 0.15) is 6.10 Å². The highest BCUT2D eigenvalue weighted by Gasteiger charge is 2.21. The summed E-state index contributed by atoms with van der Waals surface area (Å²) in [4.78, 5) is 0. The topological polar surface area (TPSA) is 67.9 Å². The van der Waals surface area contributed by atoms with Crippen molar-refractivity contribution in [1.29, 1.82) is 0 Å². The van der Waals surface area contributed by atoms with Crippen molar-refractivity contribution in [1.82, 2.24) is 0 Å². The lowest BCUT2D eigenvalue weighted by Crippen LogP contribution is -2.39. The smallest absolute Gasteiger partial charge is 0.104 e. The Kier molecular flexibility index (Phi) is 3.08.